The summed E-state index contributed by atoms with van der Waals surface area (Å²) in [4.78, 5) is 39.4. The zero-order valence-corrected chi connectivity index (χ0v) is 17.8. The lowest BCUT2D eigenvalue weighted by Gasteiger charge is -2.27. The van der Waals surface area contributed by atoms with E-state index in [0.29, 0.717) is 5.17 Å². The Morgan fingerprint density at radius 3 is 2.33 bits per heavy atom. The Balaban J connectivity index is 1.97. The average molecular weight is 397 g/mol. The molecule has 1 saturated carbocycles. The van der Waals surface area contributed by atoms with E-state index < -0.39 is 17.7 Å². The number of amides is 2. The van der Waals surface area contributed by atoms with Crippen molar-refractivity contribution in [1.82, 2.24) is 15.6 Å². The molecule has 1 heterocycles. The summed E-state index contributed by atoms with van der Waals surface area (Å²) in [5.74, 6) is -0.924. The van der Waals surface area contributed by atoms with E-state index in [1.807, 2.05) is 25.8 Å². The number of ketones is 1. The number of hydrazone groups is 1. The number of carbonyl (C=O) groups excluding carboxylic acids is 3. The van der Waals surface area contributed by atoms with Crippen molar-refractivity contribution in [3.05, 3.63) is 0 Å². The number of carbonyl (C=O) groups is 3. The topological polar surface area (TPSA) is 90.9 Å². The molecule has 0 spiro atoms. The Hall–Kier alpha value is -1.57. The standard InChI is InChI=1S/C19H32N4O3S/c1-12(2)14(20-16(25)13-9-7-6-8-10-13)15(24)17(26)21-22-18-23(5)19(3,4)11-27-18/h12-14H,6-11H2,1-5H3,(H,20,25)(H,21,26)/t14-/m0/s1. The summed E-state index contributed by atoms with van der Waals surface area (Å²) in [6.07, 6.45) is 4.94. The van der Waals surface area contributed by atoms with Gasteiger partial charge in [0.05, 0.1) is 6.04 Å². The fourth-order valence-electron chi connectivity index (χ4n) is 3.27. The second-order valence-electron chi connectivity index (χ2n) is 8.42. The van der Waals surface area contributed by atoms with Crippen molar-refractivity contribution in [3.63, 3.8) is 0 Å². The van der Waals surface area contributed by atoms with Crippen LogP contribution in [0.5, 0.6) is 0 Å². The highest BCUT2D eigenvalue weighted by Gasteiger charge is 2.35. The Morgan fingerprint density at radius 1 is 1.19 bits per heavy atom. The summed E-state index contributed by atoms with van der Waals surface area (Å²) >= 11 is 1.54. The molecule has 2 rings (SSSR count). The number of thioether (sulfide) groups is 1. The van der Waals surface area contributed by atoms with Crippen LogP contribution < -0.4 is 10.7 Å². The maximum Gasteiger partial charge on any atom is 0.309 e. The minimum Gasteiger partial charge on any atom is -0.347 e. The number of rotatable bonds is 6. The van der Waals surface area contributed by atoms with Crippen LogP contribution >= 0.6 is 11.8 Å². The third-order valence-electron chi connectivity index (χ3n) is 5.45. The van der Waals surface area contributed by atoms with Crippen LogP contribution in [0, 0.1) is 11.8 Å². The second kappa shape index (κ2) is 9.08. The number of Topliss-reactive ketones (excluding diaryl/α,β-unsaturated/α-hetero) is 1. The molecular weight excluding hydrogens is 364 g/mol. The lowest BCUT2D eigenvalue weighted by molar-refractivity contribution is -0.141. The normalized spacial score (nSPS) is 22.7. The maximum absolute atomic E-state index is 12.6. The number of hydrogen-bond acceptors (Lipinski definition) is 5. The highest BCUT2D eigenvalue weighted by Crippen LogP contribution is 2.30. The SMILES string of the molecule is CC(C)[C@H](NC(=O)C1CCCCC1)C(=O)C(=O)NN=C1SCC(C)(C)N1C. The fourth-order valence-corrected chi connectivity index (χ4v) is 4.49. The molecule has 0 bridgehead atoms. The van der Waals surface area contributed by atoms with Crippen LogP contribution in [0.25, 0.3) is 0 Å². The largest absolute Gasteiger partial charge is 0.347 e. The fraction of sp³-hybridized carbons (Fsp3) is 0.789. The van der Waals surface area contributed by atoms with Gasteiger partial charge < -0.3 is 10.2 Å². The molecule has 8 heteroatoms. The van der Waals surface area contributed by atoms with Gasteiger partial charge in [0.1, 0.15) is 0 Å². The van der Waals surface area contributed by atoms with Gasteiger partial charge in [-0.25, -0.2) is 5.43 Å². The Morgan fingerprint density at radius 2 is 1.81 bits per heavy atom. The lowest BCUT2D eigenvalue weighted by Crippen LogP contribution is -2.51. The quantitative estimate of drug-likeness (QED) is 0.530. The van der Waals surface area contributed by atoms with Crippen molar-refractivity contribution >= 4 is 34.5 Å². The van der Waals surface area contributed by atoms with E-state index >= 15 is 0 Å². The summed E-state index contributed by atoms with van der Waals surface area (Å²) in [7, 11) is 1.91. The van der Waals surface area contributed by atoms with E-state index in [2.05, 4.69) is 29.7 Å². The maximum atomic E-state index is 12.6. The van der Waals surface area contributed by atoms with Gasteiger partial charge in [0.15, 0.2) is 5.17 Å². The highest BCUT2D eigenvalue weighted by molar-refractivity contribution is 8.14. The molecule has 2 aliphatic rings. The molecule has 1 aliphatic carbocycles. The predicted octanol–water partition coefficient (Wildman–Crippen LogP) is 2.12. The van der Waals surface area contributed by atoms with Crippen LogP contribution in [0.2, 0.25) is 0 Å². The van der Waals surface area contributed by atoms with Gasteiger partial charge >= 0.3 is 5.91 Å². The van der Waals surface area contributed by atoms with Gasteiger partial charge in [-0.15, -0.1) is 5.10 Å². The minimum atomic E-state index is -0.829. The number of hydrogen-bond donors (Lipinski definition) is 2. The van der Waals surface area contributed by atoms with Crippen molar-refractivity contribution in [2.45, 2.75) is 71.4 Å². The zero-order valence-electron chi connectivity index (χ0n) is 17.0. The number of nitrogens with zero attached hydrogens (tertiary/aromatic N) is 2. The monoisotopic (exact) mass is 396 g/mol. The molecule has 2 N–H and O–H groups in total. The first-order valence-electron chi connectivity index (χ1n) is 9.72. The van der Waals surface area contributed by atoms with Gasteiger partial charge in [-0.1, -0.05) is 44.9 Å². The predicted molar refractivity (Wildman–Crippen MR) is 108 cm³/mol. The minimum absolute atomic E-state index is 0.0489. The third-order valence-corrected chi connectivity index (χ3v) is 6.92. The second-order valence-corrected chi connectivity index (χ2v) is 9.37. The third kappa shape index (κ3) is 5.46. The van der Waals surface area contributed by atoms with Gasteiger partial charge in [-0.2, -0.15) is 0 Å². The van der Waals surface area contributed by atoms with E-state index in [4.69, 9.17) is 0 Å². The van der Waals surface area contributed by atoms with Crippen molar-refractivity contribution < 1.29 is 14.4 Å². The summed E-state index contributed by atoms with van der Waals surface area (Å²) in [5.41, 5.74) is 2.32. The molecule has 0 unspecified atom stereocenters. The van der Waals surface area contributed by atoms with E-state index in [-0.39, 0.29) is 23.3 Å². The molecule has 2 fully saturated rings. The average Bonchev–Trinajstić information content (AvgIpc) is 2.90. The Bertz CT molecular complexity index is 612. The van der Waals surface area contributed by atoms with Crippen LogP contribution in [0.15, 0.2) is 5.10 Å². The summed E-state index contributed by atoms with van der Waals surface area (Å²) < 4.78 is 0. The first-order valence-corrected chi connectivity index (χ1v) is 10.7. The summed E-state index contributed by atoms with van der Waals surface area (Å²) in [6.45, 7) is 7.83. The van der Waals surface area contributed by atoms with Crippen molar-refractivity contribution in [1.29, 1.82) is 0 Å². The Kier molecular flexibility index (Phi) is 7.31. The summed E-state index contributed by atoms with van der Waals surface area (Å²) in [6, 6.07) is -0.829. The van der Waals surface area contributed by atoms with Gasteiger partial charge in [0, 0.05) is 24.3 Å². The molecule has 1 atom stereocenters. The van der Waals surface area contributed by atoms with Crippen molar-refractivity contribution in [2.75, 3.05) is 12.8 Å². The molecule has 1 saturated heterocycles. The van der Waals surface area contributed by atoms with Gasteiger partial charge in [-0.3, -0.25) is 14.4 Å². The molecule has 1 aliphatic heterocycles. The Labute approximate surface area is 166 Å². The molecule has 0 aromatic rings. The van der Waals surface area contributed by atoms with Crippen LogP contribution in [-0.4, -0.2) is 52.0 Å². The molecule has 152 valence electrons. The molecular formula is C19H32N4O3S. The lowest BCUT2D eigenvalue weighted by atomic mass is 9.88. The van der Waals surface area contributed by atoms with E-state index in [9.17, 15) is 14.4 Å². The van der Waals surface area contributed by atoms with E-state index in [0.717, 1.165) is 37.9 Å². The van der Waals surface area contributed by atoms with Crippen LogP contribution in [0.1, 0.15) is 59.8 Å². The van der Waals surface area contributed by atoms with Crippen LogP contribution in [0.3, 0.4) is 0 Å². The van der Waals surface area contributed by atoms with E-state index in [1.54, 1.807) is 0 Å². The molecule has 2 amide bonds. The molecule has 0 aromatic heterocycles. The van der Waals surface area contributed by atoms with Crippen molar-refractivity contribution in [2.24, 2.45) is 16.9 Å². The van der Waals surface area contributed by atoms with Crippen LogP contribution in [0.4, 0.5) is 0 Å². The van der Waals surface area contributed by atoms with Crippen LogP contribution in [-0.2, 0) is 14.4 Å². The van der Waals surface area contributed by atoms with E-state index in [1.165, 1.54) is 11.8 Å². The first-order chi connectivity index (χ1) is 12.6. The van der Waals surface area contributed by atoms with Gasteiger partial charge in [-0.05, 0) is 32.6 Å². The van der Waals surface area contributed by atoms with Crippen molar-refractivity contribution in [3.8, 4) is 0 Å². The molecule has 27 heavy (non-hydrogen) atoms. The smallest absolute Gasteiger partial charge is 0.309 e. The molecule has 0 radical (unpaired) electrons. The van der Waals surface area contributed by atoms with Gasteiger partial charge in [0.25, 0.3) is 0 Å². The number of nitrogens with one attached hydrogen (secondary N) is 2. The summed E-state index contributed by atoms with van der Waals surface area (Å²) in [5, 5.41) is 7.58. The zero-order chi connectivity index (χ0) is 20.2. The first kappa shape index (κ1) is 21.7. The molecule has 7 nitrogen and oxygen atoms in total. The number of amidine groups is 1. The highest BCUT2D eigenvalue weighted by atomic mass is 32.2. The molecule has 0 aromatic carbocycles. The van der Waals surface area contributed by atoms with Gasteiger partial charge in [0.2, 0.25) is 11.7 Å².